The summed E-state index contributed by atoms with van der Waals surface area (Å²) in [7, 11) is 1.68. The number of benzene rings is 2. The predicted molar refractivity (Wildman–Crippen MR) is 91.9 cm³/mol. The number of anilines is 1. The highest BCUT2D eigenvalue weighted by Gasteiger charge is 2.03. The lowest BCUT2D eigenvalue weighted by Crippen LogP contribution is -2.23. The summed E-state index contributed by atoms with van der Waals surface area (Å²) in [5, 5.41) is 3.15. The van der Waals surface area contributed by atoms with E-state index in [1.807, 2.05) is 30.3 Å². The molecular formula is C18H23N3O. The predicted octanol–water partition coefficient (Wildman–Crippen LogP) is 3.32. The second-order valence-corrected chi connectivity index (χ2v) is 5.04. The number of hydrogen-bond acceptors (Lipinski definition) is 2. The van der Waals surface area contributed by atoms with E-state index in [1.54, 1.807) is 7.11 Å². The number of hydrogen-bond donors (Lipinski definition) is 2. The van der Waals surface area contributed by atoms with Gasteiger partial charge in [-0.1, -0.05) is 49.4 Å². The van der Waals surface area contributed by atoms with Crippen molar-refractivity contribution in [2.24, 2.45) is 10.7 Å². The van der Waals surface area contributed by atoms with Crippen LogP contribution in [0.5, 0.6) is 0 Å². The number of aliphatic imine (C=N–C) groups is 1. The van der Waals surface area contributed by atoms with Crippen molar-refractivity contribution < 1.29 is 4.74 Å². The number of guanidine groups is 1. The molecule has 0 fully saturated rings. The lowest BCUT2D eigenvalue weighted by atomic mass is 10.1. The summed E-state index contributed by atoms with van der Waals surface area (Å²) in [5.74, 6) is 0.412. The van der Waals surface area contributed by atoms with Crippen molar-refractivity contribution in [3.8, 4) is 0 Å². The number of nitrogens with one attached hydrogen (secondary N) is 1. The zero-order valence-corrected chi connectivity index (χ0v) is 13.2. The molecule has 3 N–H and O–H groups in total. The SMILES string of the molecule is CCc1ccccc1CN=C(N)Nc1ccccc1COC. The second kappa shape index (κ2) is 8.20. The number of rotatable bonds is 6. The van der Waals surface area contributed by atoms with Crippen LogP contribution in [0.25, 0.3) is 0 Å². The Hall–Kier alpha value is -2.33. The molecule has 0 aromatic heterocycles. The quantitative estimate of drug-likeness (QED) is 0.635. The molecule has 4 heteroatoms. The van der Waals surface area contributed by atoms with E-state index in [0.717, 1.165) is 17.7 Å². The Labute approximate surface area is 132 Å². The van der Waals surface area contributed by atoms with E-state index in [9.17, 15) is 0 Å². The van der Waals surface area contributed by atoms with Crippen LogP contribution in [0.3, 0.4) is 0 Å². The topological polar surface area (TPSA) is 59.6 Å². The first kappa shape index (κ1) is 16.0. The molecule has 2 rings (SSSR count). The van der Waals surface area contributed by atoms with Gasteiger partial charge in [0.05, 0.1) is 13.2 Å². The number of nitrogens with two attached hydrogens (primary N) is 1. The number of nitrogens with zero attached hydrogens (tertiary/aromatic N) is 1. The van der Waals surface area contributed by atoms with Gasteiger partial charge in [0, 0.05) is 18.4 Å². The summed E-state index contributed by atoms with van der Waals surface area (Å²) in [6.07, 6.45) is 0.996. The Morgan fingerprint density at radius 3 is 2.36 bits per heavy atom. The standard InChI is InChI=1S/C18H23N3O/c1-3-14-8-4-5-9-15(14)12-20-18(19)21-17-11-7-6-10-16(17)13-22-2/h4-11H,3,12-13H2,1-2H3,(H3,19,20,21). The van der Waals surface area contributed by atoms with Crippen LogP contribution in [0, 0.1) is 0 Å². The molecule has 0 bridgehead atoms. The molecule has 0 aliphatic carbocycles. The summed E-state index contributed by atoms with van der Waals surface area (Å²) >= 11 is 0. The Morgan fingerprint density at radius 2 is 1.68 bits per heavy atom. The van der Waals surface area contributed by atoms with E-state index in [1.165, 1.54) is 11.1 Å². The Morgan fingerprint density at radius 1 is 1.05 bits per heavy atom. The van der Waals surface area contributed by atoms with Gasteiger partial charge in [0.15, 0.2) is 5.96 Å². The van der Waals surface area contributed by atoms with Crippen molar-refractivity contribution in [2.45, 2.75) is 26.5 Å². The third-order valence-electron chi connectivity index (χ3n) is 3.50. The van der Waals surface area contributed by atoms with Crippen LogP contribution < -0.4 is 11.1 Å². The van der Waals surface area contributed by atoms with Gasteiger partial charge in [0.1, 0.15) is 0 Å². The van der Waals surface area contributed by atoms with E-state index in [4.69, 9.17) is 10.5 Å². The summed E-state index contributed by atoms with van der Waals surface area (Å²) in [5.41, 5.74) is 10.5. The molecule has 0 saturated heterocycles. The number of para-hydroxylation sites is 1. The average molecular weight is 297 g/mol. The number of aryl methyl sites for hydroxylation is 1. The Bertz CT molecular complexity index is 638. The molecule has 0 aliphatic rings. The molecule has 116 valence electrons. The molecule has 2 aromatic carbocycles. The van der Waals surface area contributed by atoms with Gasteiger partial charge in [0.25, 0.3) is 0 Å². The Balaban J connectivity index is 2.07. The highest BCUT2D eigenvalue weighted by Crippen LogP contribution is 2.16. The fourth-order valence-corrected chi connectivity index (χ4v) is 2.33. The highest BCUT2D eigenvalue weighted by molar-refractivity contribution is 5.92. The molecule has 0 unspecified atom stereocenters. The molecule has 0 aliphatic heterocycles. The fraction of sp³-hybridized carbons (Fsp3) is 0.278. The fourth-order valence-electron chi connectivity index (χ4n) is 2.33. The van der Waals surface area contributed by atoms with E-state index in [0.29, 0.717) is 19.1 Å². The molecule has 0 atom stereocenters. The van der Waals surface area contributed by atoms with Gasteiger partial charge in [-0.3, -0.25) is 0 Å². The van der Waals surface area contributed by atoms with Crippen molar-refractivity contribution in [1.82, 2.24) is 0 Å². The van der Waals surface area contributed by atoms with Crippen molar-refractivity contribution in [3.63, 3.8) is 0 Å². The van der Waals surface area contributed by atoms with Crippen LogP contribution in [0.15, 0.2) is 53.5 Å². The number of methoxy groups -OCH3 is 1. The van der Waals surface area contributed by atoms with E-state index in [-0.39, 0.29) is 0 Å². The van der Waals surface area contributed by atoms with Crippen LogP contribution in [-0.4, -0.2) is 13.1 Å². The normalized spacial score (nSPS) is 11.5. The van der Waals surface area contributed by atoms with Crippen molar-refractivity contribution in [3.05, 3.63) is 65.2 Å². The zero-order chi connectivity index (χ0) is 15.8. The van der Waals surface area contributed by atoms with E-state index in [2.05, 4.69) is 35.4 Å². The molecule has 2 aromatic rings. The van der Waals surface area contributed by atoms with Gasteiger partial charge in [-0.2, -0.15) is 0 Å². The first-order chi connectivity index (χ1) is 10.7. The first-order valence-corrected chi connectivity index (χ1v) is 7.45. The van der Waals surface area contributed by atoms with Gasteiger partial charge < -0.3 is 15.8 Å². The molecule has 0 saturated carbocycles. The maximum absolute atomic E-state index is 6.01. The molecule has 0 amide bonds. The summed E-state index contributed by atoms with van der Waals surface area (Å²) in [6, 6.07) is 16.2. The summed E-state index contributed by atoms with van der Waals surface area (Å²) in [4.78, 5) is 4.44. The third-order valence-corrected chi connectivity index (χ3v) is 3.50. The average Bonchev–Trinajstić information content (AvgIpc) is 2.55. The van der Waals surface area contributed by atoms with Crippen LogP contribution in [0.4, 0.5) is 5.69 Å². The maximum atomic E-state index is 6.01. The smallest absolute Gasteiger partial charge is 0.193 e. The minimum atomic E-state index is 0.412. The molecule has 0 heterocycles. The van der Waals surface area contributed by atoms with Gasteiger partial charge in [-0.25, -0.2) is 4.99 Å². The molecule has 0 spiro atoms. The maximum Gasteiger partial charge on any atom is 0.193 e. The van der Waals surface area contributed by atoms with Gasteiger partial charge in [-0.05, 0) is 23.6 Å². The van der Waals surface area contributed by atoms with E-state index >= 15 is 0 Å². The van der Waals surface area contributed by atoms with E-state index < -0.39 is 0 Å². The molecule has 22 heavy (non-hydrogen) atoms. The highest BCUT2D eigenvalue weighted by atomic mass is 16.5. The molecule has 0 radical (unpaired) electrons. The molecular weight excluding hydrogens is 274 g/mol. The van der Waals surface area contributed by atoms with Crippen LogP contribution in [0.2, 0.25) is 0 Å². The van der Waals surface area contributed by atoms with Gasteiger partial charge in [-0.15, -0.1) is 0 Å². The van der Waals surface area contributed by atoms with Gasteiger partial charge in [0.2, 0.25) is 0 Å². The summed E-state index contributed by atoms with van der Waals surface area (Å²) < 4.78 is 5.19. The van der Waals surface area contributed by atoms with Crippen LogP contribution >= 0.6 is 0 Å². The minimum absolute atomic E-state index is 0.412. The lowest BCUT2D eigenvalue weighted by Gasteiger charge is -2.11. The van der Waals surface area contributed by atoms with Crippen LogP contribution in [-0.2, 0) is 24.3 Å². The Kier molecular flexibility index (Phi) is 5.98. The van der Waals surface area contributed by atoms with Crippen molar-refractivity contribution >= 4 is 11.6 Å². The lowest BCUT2D eigenvalue weighted by molar-refractivity contribution is 0.185. The second-order valence-electron chi connectivity index (χ2n) is 5.04. The third kappa shape index (κ3) is 4.33. The first-order valence-electron chi connectivity index (χ1n) is 7.45. The van der Waals surface area contributed by atoms with Crippen LogP contribution in [0.1, 0.15) is 23.6 Å². The largest absolute Gasteiger partial charge is 0.380 e. The van der Waals surface area contributed by atoms with Crippen molar-refractivity contribution in [2.75, 3.05) is 12.4 Å². The summed E-state index contributed by atoms with van der Waals surface area (Å²) in [6.45, 7) is 3.26. The van der Waals surface area contributed by atoms with Crippen molar-refractivity contribution in [1.29, 1.82) is 0 Å². The minimum Gasteiger partial charge on any atom is -0.380 e. The number of ether oxygens (including phenoxy) is 1. The monoisotopic (exact) mass is 297 g/mol. The zero-order valence-electron chi connectivity index (χ0n) is 13.2. The molecule has 4 nitrogen and oxygen atoms in total. The van der Waals surface area contributed by atoms with Gasteiger partial charge >= 0.3 is 0 Å².